The van der Waals surface area contributed by atoms with Crippen LogP contribution in [0.3, 0.4) is 0 Å². The van der Waals surface area contributed by atoms with E-state index in [1.54, 1.807) is 0 Å². The maximum Gasteiger partial charge on any atom is 0.0640 e. The van der Waals surface area contributed by atoms with E-state index < -0.39 is 0 Å². The summed E-state index contributed by atoms with van der Waals surface area (Å²) < 4.78 is 2.62. The van der Waals surface area contributed by atoms with Gasteiger partial charge in [0.15, 0.2) is 0 Å². The SMILES string of the molecule is CC1CC2CCCC2CCC1c1ccc(N(c2ccccc2)c2cccc(N(c3ccccc3)c3cccc4c3sc3ccccc34)c2)cc1. The zero-order valence-electron chi connectivity index (χ0n) is 28.8. The van der Waals surface area contributed by atoms with Crippen molar-refractivity contribution in [1.82, 2.24) is 0 Å². The minimum absolute atomic E-state index is 0.652. The molecular formula is C47H44N2S. The number of anilines is 6. The van der Waals surface area contributed by atoms with E-state index in [4.69, 9.17) is 0 Å². The standard InChI is InChI=1S/C47H44N2S/c1-33-31-36-14-10-13-34(36)27-30-42(33)35-25-28-39(29-26-35)48(37-15-4-2-5-16-37)40-19-11-20-41(32-40)49(38-17-6-3-7-18-38)45-23-12-22-44-43-21-8-9-24-46(43)50-47(44)45/h2-9,11-12,15-26,28-29,32-34,36,42H,10,13-14,27,30-31H2,1H3. The van der Waals surface area contributed by atoms with Crippen LogP contribution in [0.4, 0.5) is 34.1 Å². The monoisotopic (exact) mass is 668 g/mol. The molecular weight excluding hydrogens is 625 g/mol. The van der Waals surface area contributed by atoms with Gasteiger partial charge in [-0.15, -0.1) is 11.3 Å². The van der Waals surface area contributed by atoms with Gasteiger partial charge < -0.3 is 9.80 Å². The Kier molecular flexibility index (Phi) is 8.38. The zero-order chi connectivity index (χ0) is 33.4. The number of rotatable bonds is 7. The Morgan fingerprint density at radius 1 is 0.500 bits per heavy atom. The molecule has 7 aromatic rings. The van der Waals surface area contributed by atoms with Crippen LogP contribution in [0.25, 0.3) is 20.2 Å². The summed E-state index contributed by atoms with van der Waals surface area (Å²) in [6.45, 7) is 2.51. The molecule has 2 fully saturated rings. The molecule has 0 amide bonds. The molecule has 2 saturated carbocycles. The predicted octanol–water partition coefficient (Wildman–Crippen LogP) is 14.3. The predicted molar refractivity (Wildman–Crippen MR) is 215 cm³/mol. The Labute approximate surface area is 300 Å². The molecule has 3 heteroatoms. The molecule has 0 saturated heterocycles. The van der Waals surface area contributed by atoms with Crippen molar-refractivity contribution in [2.75, 3.05) is 9.80 Å². The lowest BCUT2D eigenvalue weighted by Gasteiger charge is -2.30. The first-order valence-corrected chi connectivity index (χ1v) is 19.3. The molecule has 1 heterocycles. The Morgan fingerprint density at radius 2 is 1.10 bits per heavy atom. The second kappa shape index (κ2) is 13.5. The molecule has 0 spiro atoms. The van der Waals surface area contributed by atoms with E-state index in [2.05, 4.69) is 168 Å². The maximum atomic E-state index is 2.51. The van der Waals surface area contributed by atoms with Crippen LogP contribution in [0.2, 0.25) is 0 Å². The Bertz CT molecular complexity index is 2220. The molecule has 248 valence electrons. The molecule has 4 atom stereocenters. The molecule has 0 N–H and O–H groups in total. The molecule has 0 aliphatic heterocycles. The summed E-state index contributed by atoms with van der Waals surface area (Å²) in [6.07, 6.45) is 8.47. The highest BCUT2D eigenvalue weighted by atomic mass is 32.1. The highest BCUT2D eigenvalue weighted by molar-refractivity contribution is 7.26. The fourth-order valence-corrected chi connectivity index (χ4v) is 10.4. The minimum Gasteiger partial charge on any atom is -0.310 e. The van der Waals surface area contributed by atoms with E-state index in [0.717, 1.165) is 40.5 Å². The van der Waals surface area contributed by atoms with Crippen LogP contribution in [0, 0.1) is 17.8 Å². The normalized spacial score (nSPS) is 20.4. The molecule has 2 nitrogen and oxygen atoms in total. The van der Waals surface area contributed by atoms with Crippen LogP contribution in [0.1, 0.15) is 56.9 Å². The highest BCUT2D eigenvalue weighted by Gasteiger charge is 2.35. The van der Waals surface area contributed by atoms with Crippen molar-refractivity contribution >= 4 is 65.6 Å². The number of benzene rings is 6. The van der Waals surface area contributed by atoms with Crippen LogP contribution in [-0.2, 0) is 0 Å². The van der Waals surface area contributed by atoms with Crippen molar-refractivity contribution in [3.8, 4) is 0 Å². The number of hydrogen-bond donors (Lipinski definition) is 0. The summed E-state index contributed by atoms with van der Waals surface area (Å²) >= 11 is 1.88. The van der Waals surface area contributed by atoms with Gasteiger partial charge in [-0.1, -0.05) is 111 Å². The van der Waals surface area contributed by atoms with E-state index >= 15 is 0 Å². The Hall–Kier alpha value is -4.86. The lowest BCUT2D eigenvalue weighted by Crippen LogP contribution is -2.14. The van der Waals surface area contributed by atoms with E-state index in [0.29, 0.717) is 5.92 Å². The summed E-state index contributed by atoms with van der Waals surface area (Å²) in [4.78, 5) is 4.84. The van der Waals surface area contributed by atoms with Gasteiger partial charge in [0.25, 0.3) is 0 Å². The number of para-hydroxylation sites is 2. The largest absolute Gasteiger partial charge is 0.310 e. The second-order valence-electron chi connectivity index (χ2n) is 14.6. The van der Waals surface area contributed by atoms with Gasteiger partial charge in [-0.05, 0) is 115 Å². The van der Waals surface area contributed by atoms with Gasteiger partial charge in [0.05, 0.1) is 10.4 Å². The first-order valence-electron chi connectivity index (χ1n) is 18.5. The molecule has 2 aliphatic rings. The quantitative estimate of drug-likeness (QED) is 0.167. The van der Waals surface area contributed by atoms with Crippen LogP contribution in [-0.4, -0.2) is 0 Å². The molecule has 9 rings (SSSR count). The van der Waals surface area contributed by atoms with Crippen LogP contribution in [0.5, 0.6) is 0 Å². The van der Waals surface area contributed by atoms with Crippen molar-refractivity contribution in [2.24, 2.45) is 17.8 Å². The number of thiophene rings is 1. The smallest absolute Gasteiger partial charge is 0.0640 e. The summed E-state index contributed by atoms with van der Waals surface area (Å²) in [5, 5.41) is 2.62. The van der Waals surface area contributed by atoms with Crippen LogP contribution in [0.15, 0.2) is 152 Å². The van der Waals surface area contributed by atoms with E-state index in [1.165, 1.54) is 75.6 Å². The third kappa shape index (κ3) is 5.78. The van der Waals surface area contributed by atoms with E-state index in [9.17, 15) is 0 Å². The average Bonchev–Trinajstić information content (AvgIpc) is 3.74. The summed E-state index contributed by atoms with van der Waals surface area (Å²) in [6, 6.07) is 55.8. The Balaban J connectivity index is 1.12. The van der Waals surface area contributed by atoms with Gasteiger partial charge >= 0.3 is 0 Å². The van der Waals surface area contributed by atoms with Crippen molar-refractivity contribution < 1.29 is 0 Å². The number of nitrogens with zero attached hydrogens (tertiary/aromatic N) is 2. The Morgan fingerprint density at radius 3 is 1.88 bits per heavy atom. The van der Waals surface area contributed by atoms with Gasteiger partial charge in [0.1, 0.15) is 0 Å². The second-order valence-corrected chi connectivity index (χ2v) is 15.6. The number of fused-ring (bicyclic) bond motifs is 4. The van der Waals surface area contributed by atoms with Gasteiger partial charge in [0, 0.05) is 43.9 Å². The maximum absolute atomic E-state index is 2.51. The minimum atomic E-state index is 0.652. The first-order chi connectivity index (χ1) is 24.7. The van der Waals surface area contributed by atoms with E-state index in [-0.39, 0.29) is 0 Å². The number of hydrogen-bond acceptors (Lipinski definition) is 3. The first kappa shape index (κ1) is 31.1. The molecule has 0 radical (unpaired) electrons. The van der Waals surface area contributed by atoms with Gasteiger partial charge in [0.2, 0.25) is 0 Å². The summed E-state index contributed by atoms with van der Waals surface area (Å²) in [5.74, 6) is 3.31. The van der Waals surface area contributed by atoms with Crippen molar-refractivity contribution in [1.29, 1.82) is 0 Å². The van der Waals surface area contributed by atoms with Crippen molar-refractivity contribution in [3.05, 3.63) is 157 Å². The van der Waals surface area contributed by atoms with Crippen molar-refractivity contribution in [3.63, 3.8) is 0 Å². The van der Waals surface area contributed by atoms with Crippen molar-refractivity contribution in [2.45, 2.75) is 51.4 Å². The lowest BCUT2D eigenvalue weighted by atomic mass is 9.82. The average molecular weight is 669 g/mol. The summed E-state index contributed by atoms with van der Waals surface area (Å²) in [7, 11) is 0. The molecule has 1 aromatic heterocycles. The fraction of sp³-hybridized carbons (Fsp3) is 0.234. The lowest BCUT2D eigenvalue weighted by molar-refractivity contribution is 0.333. The fourth-order valence-electron chi connectivity index (χ4n) is 9.20. The van der Waals surface area contributed by atoms with Crippen LogP contribution < -0.4 is 9.80 Å². The third-order valence-corrected chi connectivity index (χ3v) is 12.8. The third-order valence-electron chi connectivity index (χ3n) is 11.6. The molecule has 0 bridgehead atoms. The highest BCUT2D eigenvalue weighted by Crippen LogP contribution is 2.49. The van der Waals surface area contributed by atoms with Gasteiger partial charge in [-0.2, -0.15) is 0 Å². The van der Waals surface area contributed by atoms with E-state index in [1.807, 2.05) is 11.3 Å². The van der Waals surface area contributed by atoms with Gasteiger partial charge in [-0.3, -0.25) is 0 Å². The molecule has 6 aromatic carbocycles. The zero-order valence-corrected chi connectivity index (χ0v) is 29.6. The van der Waals surface area contributed by atoms with Crippen LogP contribution >= 0.6 is 11.3 Å². The molecule has 2 aliphatic carbocycles. The summed E-state index contributed by atoms with van der Waals surface area (Å²) in [5.41, 5.74) is 8.47. The topological polar surface area (TPSA) is 6.48 Å². The molecule has 50 heavy (non-hydrogen) atoms. The molecule has 4 unspecified atom stereocenters. The van der Waals surface area contributed by atoms with Gasteiger partial charge in [-0.25, -0.2) is 0 Å².